The van der Waals surface area contributed by atoms with Crippen LogP contribution in [0.4, 0.5) is 5.69 Å². The maximum atomic E-state index is 12.6. The molecule has 0 saturated carbocycles. The highest BCUT2D eigenvalue weighted by Gasteiger charge is 2.11. The third-order valence-corrected chi connectivity index (χ3v) is 5.24. The van der Waals surface area contributed by atoms with Gasteiger partial charge in [0.05, 0.1) is 26.3 Å². The highest BCUT2D eigenvalue weighted by Crippen LogP contribution is 2.24. The summed E-state index contributed by atoms with van der Waals surface area (Å²) in [6, 6.07) is 11.4. The molecule has 126 valence electrons. The van der Waals surface area contributed by atoms with Crippen LogP contribution in [-0.2, 0) is 13.5 Å². The Kier molecular flexibility index (Phi) is 3.77. The van der Waals surface area contributed by atoms with Gasteiger partial charge in [0.25, 0.3) is 5.91 Å². The van der Waals surface area contributed by atoms with Crippen LogP contribution in [-0.4, -0.2) is 20.4 Å². The predicted molar refractivity (Wildman–Crippen MR) is 102 cm³/mol. The fourth-order valence-corrected chi connectivity index (χ4v) is 3.89. The Bertz CT molecular complexity index is 1110. The van der Waals surface area contributed by atoms with Crippen LogP contribution in [0.25, 0.3) is 21.3 Å². The van der Waals surface area contributed by atoms with Crippen LogP contribution in [0.15, 0.2) is 36.4 Å². The van der Waals surface area contributed by atoms with E-state index in [0.717, 1.165) is 44.2 Å². The number of amides is 1. The van der Waals surface area contributed by atoms with E-state index >= 15 is 0 Å². The highest BCUT2D eigenvalue weighted by atomic mass is 32.1. The maximum Gasteiger partial charge on any atom is 0.255 e. The van der Waals surface area contributed by atoms with Crippen molar-refractivity contribution in [3.63, 3.8) is 0 Å². The van der Waals surface area contributed by atoms with Gasteiger partial charge in [-0.25, -0.2) is 9.97 Å². The van der Waals surface area contributed by atoms with Gasteiger partial charge >= 0.3 is 0 Å². The molecule has 0 atom stereocenters. The van der Waals surface area contributed by atoms with E-state index in [2.05, 4.69) is 26.8 Å². The summed E-state index contributed by atoms with van der Waals surface area (Å²) in [6.45, 7) is 4.05. The Morgan fingerprint density at radius 1 is 1.16 bits per heavy atom. The van der Waals surface area contributed by atoms with Gasteiger partial charge in [0.1, 0.15) is 5.82 Å². The zero-order valence-corrected chi connectivity index (χ0v) is 15.1. The topological polar surface area (TPSA) is 59.8 Å². The normalized spacial score (nSPS) is 11.3. The second-order valence-electron chi connectivity index (χ2n) is 6.01. The minimum atomic E-state index is -0.126. The summed E-state index contributed by atoms with van der Waals surface area (Å²) in [5.41, 5.74) is 4.27. The number of nitrogens with one attached hydrogen (secondary N) is 1. The number of carbonyl (C=O) groups is 1. The zero-order chi connectivity index (χ0) is 17.6. The molecule has 2 heterocycles. The lowest BCUT2D eigenvalue weighted by Gasteiger charge is -2.06. The molecule has 5 nitrogen and oxygen atoms in total. The number of imidazole rings is 1. The molecule has 0 unspecified atom stereocenters. The average molecular weight is 350 g/mol. The van der Waals surface area contributed by atoms with E-state index in [1.54, 1.807) is 11.3 Å². The van der Waals surface area contributed by atoms with E-state index in [-0.39, 0.29) is 5.91 Å². The van der Waals surface area contributed by atoms with Gasteiger partial charge in [-0.2, -0.15) is 0 Å². The van der Waals surface area contributed by atoms with E-state index in [1.807, 2.05) is 50.4 Å². The summed E-state index contributed by atoms with van der Waals surface area (Å²) in [6.07, 6.45) is 0.876. The lowest BCUT2D eigenvalue weighted by atomic mass is 10.2. The smallest absolute Gasteiger partial charge is 0.255 e. The lowest BCUT2D eigenvalue weighted by Crippen LogP contribution is -2.11. The molecule has 4 rings (SSSR count). The molecule has 0 aliphatic heterocycles. The number of rotatable bonds is 3. The van der Waals surface area contributed by atoms with Gasteiger partial charge in [0.15, 0.2) is 0 Å². The lowest BCUT2D eigenvalue weighted by molar-refractivity contribution is 0.102. The van der Waals surface area contributed by atoms with E-state index in [0.29, 0.717) is 5.56 Å². The molecule has 1 N–H and O–H groups in total. The van der Waals surface area contributed by atoms with Gasteiger partial charge < -0.3 is 9.88 Å². The van der Waals surface area contributed by atoms with E-state index < -0.39 is 0 Å². The van der Waals surface area contributed by atoms with Crippen molar-refractivity contribution in [3.8, 4) is 0 Å². The fraction of sp³-hybridized carbons (Fsp3) is 0.211. The van der Waals surface area contributed by atoms with Crippen molar-refractivity contribution in [1.82, 2.24) is 14.5 Å². The van der Waals surface area contributed by atoms with Crippen molar-refractivity contribution in [2.24, 2.45) is 7.05 Å². The van der Waals surface area contributed by atoms with Gasteiger partial charge in [-0.05, 0) is 43.3 Å². The van der Waals surface area contributed by atoms with Gasteiger partial charge in [-0.1, -0.05) is 6.92 Å². The van der Waals surface area contributed by atoms with Crippen molar-refractivity contribution in [3.05, 3.63) is 52.8 Å². The van der Waals surface area contributed by atoms with Crippen molar-refractivity contribution in [2.75, 3.05) is 5.32 Å². The molecule has 0 bridgehead atoms. The minimum Gasteiger partial charge on any atom is -0.331 e. The average Bonchev–Trinajstić information content (AvgIpc) is 3.12. The summed E-state index contributed by atoms with van der Waals surface area (Å²) in [7, 11) is 2.01. The number of nitrogens with zero attached hydrogens (tertiary/aromatic N) is 3. The first-order chi connectivity index (χ1) is 12.0. The van der Waals surface area contributed by atoms with E-state index in [1.165, 1.54) is 0 Å². The molecule has 25 heavy (non-hydrogen) atoms. The number of aromatic nitrogens is 3. The number of fused-ring (bicyclic) bond motifs is 2. The summed E-state index contributed by atoms with van der Waals surface area (Å²) in [5, 5.41) is 3.96. The van der Waals surface area contributed by atoms with Crippen molar-refractivity contribution in [1.29, 1.82) is 0 Å². The van der Waals surface area contributed by atoms with Gasteiger partial charge in [-0.15, -0.1) is 11.3 Å². The summed E-state index contributed by atoms with van der Waals surface area (Å²) >= 11 is 1.59. The quantitative estimate of drug-likeness (QED) is 0.599. The van der Waals surface area contributed by atoms with Crippen molar-refractivity contribution < 1.29 is 4.79 Å². The number of benzene rings is 2. The number of anilines is 1. The molecule has 0 spiro atoms. The number of hydrogen-bond donors (Lipinski definition) is 1. The first-order valence-corrected chi connectivity index (χ1v) is 9.00. The maximum absolute atomic E-state index is 12.6. The van der Waals surface area contributed by atoms with Crippen LogP contribution in [0.3, 0.4) is 0 Å². The standard InChI is InChI=1S/C19H18N4OS/c1-4-18-22-15-10-13(6-8-16(15)23(18)3)21-19(24)12-5-7-14-17(9-12)25-11(2)20-14/h5-10H,4H2,1-3H3,(H,21,24). The zero-order valence-electron chi connectivity index (χ0n) is 14.3. The van der Waals surface area contributed by atoms with Crippen LogP contribution >= 0.6 is 11.3 Å². The van der Waals surface area contributed by atoms with Crippen molar-refractivity contribution >= 4 is 44.2 Å². The van der Waals surface area contributed by atoms with Crippen LogP contribution < -0.4 is 5.32 Å². The first kappa shape index (κ1) is 15.8. The third kappa shape index (κ3) is 2.78. The molecule has 0 radical (unpaired) electrons. The van der Waals surface area contributed by atoms with Crippen LogP contribution in [0, 0.1) is 6.92 Å². The molecule has 0 aliphatic carbocycles. The van der Waals surface area contributed by atoms with Gasteiger partial charge in [0, 0.05) is 24.7 Å². The number of aryl methyl sites for hydroxylation is 3. The Morgan fingerprint density at radius 2 is 2.00 bits per heavy atom. The Labute approximate surface area is 149 Å². The molecular formula is C19H18N4OS. The molecule has 0 fully saturated rings. The second kappa shape index (κ2) is 5.97. The van der Waals surface area contributed by atoms with Gasteiger partial charge in [-0.3, -0.25) is 4.79 Å². The fourth-order valence-electron chi connectivity index (χ4n) is 3.03. The summed E-state index contributed by atoms with van der Waals surface area (Å²) < 4.78 is 3.11. The van der Waals surface area contributed by atoms with Crippen molar-refractivity contribution in [2.45, 2.75) is 20.3 Å². The SMILES string of the molecule is CCc1nc2cc(NC(=O)c3ccc4nc(C)sc4c3)ccc2n1C. The number of carbonyl (C=O) groups excluding carboxylic acids is 1. The molecular weight excluding hydrogens is 332 g/mol. The molecule has 4 aromatic rings. The Morgan fingerprint density at radius 3 is 2.80 bits per heavy atom. The van der Waals surface area contributed by atoms with Crippen LogP contribution in [0.1, 0.15) is 28.1 Å². The minimum absolute atomic E-state index is 0.126. The third-order valence-electron chi connectivity index (χ3n) is 4.31. The highest BCUT2D eigenvalue weighted by molar-refractivity contribution is 7.18. The summed E-state index contributed by atoms with van der Waals surface area (Å²) in [5.74, 6) is 0.906. The molecule has 2 aromatic carbocycles. The monoisotopic (exact) mass is 350 g/mol. The molecule has 1 amide bonds. The largest absolute Gasteiger partial charge is 0.331 e. The predicted octanol–water partition coefficient (Wildman–Crippen LogP) is 4.31. The Hall–Kier alpha value is -2.73. The number of hydrogen-bond acceptors (Lipinski definition) is 4. The second-order valence-corrected chi connectivity index (χ2v) is 7.25. The number of thiazole rings is 1. The Balaban J connectivity index is 1.63. The van der Waals surface area contributed by atoms with E-state index in [9.17, 15) is 4.79 Å². The molecule has 0 aliphatic rings. The van der Waals surface area contributed by atoms with Gasteiger partial charge in [0.2, 0.25) is 0 Å². The molecule has 0 saturated heterocycles. The first-order valence-electron chi connectivity index (χ1n) is 8.19. The van der Waals surface area contributed by atoms with Crippen LogP contribution in [0.2, 0.25) is 0 Å². The molecule has 2 aromatic heterocycles. The molecule has 6 heteroatoms. The van der Waals surface area contributed by atoms with Crippen LogP contribution in [0.5, 0.6) is 0 Å². The summed E-state index contributed by atoms with van der Waals surface area (Å²) in [4.78, 5) is 21.6. The van der Waals surface area contributed by atoms with E-state index in [4.69, 9.17) is 0 Å².